The minimum Gasteiger partial charge on any atom is -0.480 e. The first-order valence-corrected chi connectivity index (χ1v) is 9.26. The highest BCUT2D eigenvalue weighted by Gasteiger charge is 2.28. The second-order valence-corrected chi connectivity index (χ2v) is 7.99. The minimum atomic E-state index is -3.57. The van der Waals surface area contributed by atoms with Gasteiger partial charge in [-0.15, -0.1) is 11.3 Å². The molecule has 0 spiro atoms. The van der Waals surface area contributed by atoms with Crippen LogP contribution in [0.4, 0.5) is 0 Å². The first-order valence-electron chi connectivity index (χ1n) is 6.94. The molecule has 0 radical (unpaired) electrons. The molecule has 0 aliphatic carbocycles. The topological polar surface area (TPSA) is 104 Å². The molecule has 1 amide bonds. The third-order valence-corrected chi connectivity index (χ3v) is 6.42. The summed E-state index contributed by atoms with van der Waals surface area (Å²) < 4.78 is 26.4. The number of rotatable bonds is 5. The first-order chi connectivity index (χ1) is 10.3. The van der Waals surface area contributed by atoms with E-state index >= 15 is 0 Å². The van der Waals surface area contributed by atoms with Crippen LogP contribution >= 0.6 is 11.3 Å². The van der Waals surface area contributed by atoms with E-state index in [1.165, 1.54) is 22.7 Å². The summed E-state index contributed by atoms with van der Waals surface area (Å²) in [5.41, 5.74) is 0. The normalized spacial score (nSPS) is 17.9. The summed E-state index contributed by atoms with van der Waals surface area (Å²) in [5, 5.41) is 12.5. The van der Waals surface area contributed by atoms with E-state index in [4.69, 9.17) is 5.11 Å². The van der Waals surface area contributed by atoms with Crippen molar-refractivity contribution in [2.24, 2.45) is 0 Å². The number of aliphatic carboxylic acids is 1. The van der Waals surface area contributed by atoms with Crippen LogP contribution in [-0.4, -0.2) is 48.8 Å². The zero-order chi connectivity index (χ0) is 16.3. The Morgan fingerprint density at radius 1 is 1.32 bits per heavy atom. The van der Waals surface area contributed by atoms with Gasteiger partial charge in [-0.25, -0.2) is 8.42 Å². The van der Waals surface area contributed by atoms with Crippen LogP contribution in [0.1, 0.15) is 35.9 Å². The Hall–Kier alpha value is -1.45. The number of nitrogens with zero attached hydrogens (tertiary/aromatic N) is 1. The molecule has 122 valence electrons. The molecule has 9 heteroatoms. The molecule has 1 aliphatic rings. The van der Waals surface area contributed by atoms with Crippen molar-refractivity contribution in [1.82, 2.24) is 9.62 Å². The highest BCUT2D eigenvalue weighted by Crippen LogP contribution is 2.25. The van der Waals surface area contributed by atoms with Gasteiger partial charge in [-0.3, -0.25) is 9.59 Å². The van der Waals surface area contributed by atoms with Gasteiger partial charge in [0.25, 0.3) is 5.91 Å². The van der Waals surface area contributed by atoms with Gasteiger partial charge in [0.15, 0.2) is 0 Å². The molecule has 2 N–H and O–H groups in total. The van der Waals surface area contributed by atoms with Crippen LogP contribution in [0.15, 0.2) is 16.3 Å². The Labute approximate surface area is 133 Å². The number of sulfonamides is 1. The Kier molecular flexibility index (Phi) is 5.20. The van der Waals surface area contributed by atoms with Gasteiger partial charge in [0.2, 0.25) is 10.0 Å². The summed E-state index contributed by atoms with van der Waals surface area (Å²) in [6.45, 7) is 2.34. The molecule has 1 aromatic rings. The Bertz CT molecular complexity index is 662. The van der Waals surface area contributed by atoms with E-state index in [2.05, 4.69) is 5.32 Å². The third kappa shape index (κ3) is 3.65. The highest BCUT2D eigenvalue weighted by atomic mass is 32.2. The summed E-state index contributed by atoms with van der Waals surface area (Å²) in [6, 6.07) is 0.273. The van der Waals surface area contributed by atoms with Crippen LogP contribution in [0, 0.1) is 0 Å². The van der Waals surface area contributed by atoms with Crippen LogP contribution in [0.25, 0.3) is 0 Å². The molecule has 2 rings (SSSR count). The first kappa shape index (κ1) is 16.9. The lowest BCUT2D eigenvalue weighted by Crippen LogP contribution is -2.38. The van der Waals surface area contributed by atoms with Gasteiger partial charge in [0.05, 0.1) is 9.77 Å². The molecule has 7 nitrogen and oxygen atoms in total. The van der Waals surface area contributed by atoms with E-state index in [0.29, 0.717) is 13.1 Å². The number of piperidine rings is 1. The fourth-order valence-corrected chi connectivity index (χ4v) is 4.84. The Balaban J connectivity index is 2.13. The van der Waals surface area contributed by atoms with Gasteiger partial charge in [-0.05, 0) is 25.8 Å². The highest BCUT2D eigenvalue weighted by molar-refractivity contribution is 7.89. The number of thiophene rings is 1. The molecule has 1 aromatic heterocycles. The Morgan fingerprint density at radius 3 is 2.55 bits per heavy atom. The molecule has 0 saturated carbocycles. The molecule has 0 aromatic carbocycles. The van der Waals surface area contributed by atoms with Crippen molar-refractivity contribution in [3.05, 3.63) is 16.3 Å². The van der Waals surface area contributed by atoms with Crippen LogP contribution in [0.3, 0.4) is 0 Å². The lowest BCUT2D eigenvalue weighted by Gasteiger charge is -2.25. The predicted molar refractivity (Wildman–Crippen MR) is 81.5 cm³/mol. The van der Waals surface area contributed by atoms with Crippen molar-refractivity contribution in [3.8, 4) is 0 Å². The number of amides is 1. The summed E-state index contributed by atoms with van der Waals surface area (Å²) >= 11 is 0.991. The van der Waals surface area contributed by atoms with Crippen LogP contribution in [0.2, 0.25) is 0 Å². The zero-order valence-electron chi connectivity index (χ0n) is 12.1. The van der Waals surface area contributed by atoms with Gasteiger partial charge in [-0.2, -0.15) is 4.31 Å². The van der Waals surface area contributed by atoms with Crippen molar-refractivity contribution < 1.29 is 23.1 Å². The van der Waals surface area contributed by atoms with Crippen molar-refractivity contribution in [3.63, 3.8) is 0 Å². The molecular weight excluding hydrogens is 328 g/mol. The molecule has 0 unspecified atom stereocenters. The fraction of sp³-hybridized carbons (Fsp3) is 0.538. The van der Waals surface area contributed by atoms with Crippen molar-refractivity contribution >= 4 is 33.2 Å². The van der Waals surface area contributed by atoms with Crippen LogP contribution in [0.5, 0.6) is 0 Å². The number of carboxylic acids is 1. The second-order valence-electron chi connectivity index (χ2n) is 5.14. The molecule has 2 heterocycles. The van der Waals surface area contributed by atoms with Crippen molar-refractivity contribution in [2.45, 2.75) is 37.1 Å². The zero-order valence-corrected chi connectivity index (χ0v) is 13.7. The lowest BCUT2D eigenvalue weighted by atomic mass is 10.2. The average molecular weight is 346 g/mol. The number of carboxylic acid groups (broad SMARTS) is 1. The van der Waals surface area contributed by atoms with Gasteiger partial charge in [-0.1, -0.05) is 6.42 Å². The minimum absolute atomic E-state index is 0.0903. The van der Waals surface area contributed by atoms with E-state index in [1.54, 1.807) is 0 Å². The van der Waals surface area contributed by atoms with Crippen LogP contribution < -0.4 is 5.32 Å². The molecule has 1 saturated heterocycles. The lowest BCUT2D eigenvalue weighted by molar-refractivity contribution is -0.138. The largest absolute Gasteiger partial charge is 0.480 e. The van der Waals surface area contributed by atoms with Gasteiger partial charge < -0.3 is 10.4 Å². The molecular formula is C13H18N2O5S2. The SMILES string of the molecule is C[C@H](NC(=O)c1cc(S(=O)(=O)N2CCCCC2)cs1)C(=O)O. The number of hydrogen-bond donors (Lipinski definition) is 2. The number of carbonyl (C=O) groups excluding carboxylic acids is 1. The van der Waals surface area contributed by atoms with E-state index in [1.807, 2.05) is 0 Å². The average Bonchev–Trinajstić information content (AvgIpc) is 2.98. The smallest absolute Gasteiger partial charge is 0.325 e. The summed E-state index contributed by atoms with van der Waals surface area (Å²) in [4.78, 5) is 22.9. The summed E-state index contributed by atoms with van der Waals surface area (Å²) in [7, 11) is -3.57. The maximum atomic E-state index is 12.5. The summed E-state index contributed by atoms with van der Waals surface area (Å²) in [5.74, 6) is -1.73. The monoisotopic (exact) mass is 346 g/mol. The maximum Gasteiger partial charge on any atom is 0.325 e. The van der Waals surface area contributed by atoms with E-state index in [9.17, 15) is 18.0 Å². The second kappa shape index (κ2) is 6.76. The third-order valence-electron chi connectivity index (χ3n) is 3.47. The quantitative estimate of drug-likeness (QED) is 0.832. The number of carbonyl (C=O) groups is 2. The molecule has 22 heavy (non-hydrogen) atoms. The van der Waals surface area contributed by atoms with Crippen LogP contribution in [-0.2, 0) is 14.8 Å². The molecule has 0 bridgehead atoms. The maximum absolute atomic E-state index is 12.5. The summed E-state index contributed by atoms with van der Waals surface area (Å²) in [6.07, 6.45) is 2.70. The van der Waals surface area contributed by atoms with E-state index in [0.717, 1.165) is 30.6 Å². The predicted octanol–water partition coefficient (Wildman–Crippen LogP) is 1.13. The Morgan fingerprint density at radius 2 is 1.95 bits per heavy atom. The number of hydrogen-bond acceptors (Lipinski definition) is 5. The van der Waals surface area contributed by atoms with Crippen molar-refractivity contribution in [1.29, 1.82) is 0 Å². The van der Waals surface area contributed by atoms with Crippen molar-refractivity contribution in [2.75, 3.05) is 13.1 Å². The molecule has 1 fully saturated rings. The molecule has 1 aliphatic heterocycles. The van der Waals surface area contributed by atoms with Gasteiger partial charge in [0, 0.05) is 18.5 Å². The molecule has 1 atom stereocenters. The van der Waals surface area contributed by atoms with Gasteiger partial charge >= 0.3 is 5.97 Å². The standard InChI is InChI=1S/C13H18N2O5S2/c1-9(13(17)18)14-12(16)11-7-10(8-21-11)22(19,20)15-5-3-2-4-6-15/h7-9H,2-6H2,1H3,(H,14,16)(H,17,18)/t9-/m0/s1. The number of nitrogens with one attached hydrogen (secondary N) is 1. The van der Waals surface area contributed by atoms with E-state index < -0.39 is 27.9 Å². The van der Waals surface area contributed by atoms with Gasteiger partial charge in [0.1, 0.15) is 6.04 Å². The fourth-order valence-electron chi connectivity index (χ4n) is 2.16. The van der Waals surface area contributed by atoms with E-state index in [-0.39, 0.29) is 9.77 Å².